The van der Waals surface area contributed by atoms with Crippen LogP contribution in [0.3, 0.4) is 0 Å². The van der Waals surface area contributed by atoms with Crippen molar-refractivity contribution in [3.8, 4) is 11.5 Å². The van der Waals surface area contributed by atoms with Crippen molar-refractivity contribution >= 4 is 55.7 Å². The Morgan fingerprint density at radius 1 is 1.03 bits per heavy atom. The first-order chi connectivity index (χ1) is 17.9. The number of carbonyl (C=O) groups is 2. The molecule has 0 bridgehead atoms. The molecule has 9 heteroatoms. The van der Waals surface area contributed by atoms with E-state index in [2.05, 4.69) is 11.9 Å². The molecule has 5 rings (SSSR count). The van der Waals surface area contributed by atoms with E-state index in [1.807, 2.05) is 18.2 Å². The zero-order valence-corrected chi connectivity index (χ0v) is 21.9. The number of ether oxygens (including phenoxy) is 2. The van der Waals surface area contributed by atoms with Gasteiger partial charge in [0.05, 0.1) is 36.1 Å². The third-order valence-electron chi connectivity index (χ3n) is 6.34. The number of fused-ring (bicyclic) bond motifs is 1. The van der Waals surface area contributed by atoms with Gasteiger partial charge in [0.1, 0.15) is 5.76 Å². The molecule has 0 unspecified atom stereocenters. The number of rotatable bonds is 6. The summed E-state index contributed by atoms with van der Waals surface area (Å²) in [5, 5.41) is 12.1. The zero-order valence-electron chi connectivity index (χ0n) is 20.3. The maximum Gasteiger partial charge on any atom is 0.301 e. The molecule has 7 nitrogen and oxygen atoms in total. The van der Waals surface area contributed by atoms with Crippen LogP contribution in [-0.2, 0) is 16.0 Å². The van der Waals surface area contributed by atoms with E-state index < -0.39 is 17.7 Å². The van der Waals surface area contributed by atoms with Crippen LogP contribution in [0.25, 0.3) is 16.0 Å². The number of thiazole rings is 1. The zero-order chi connectivity index (χ0) is 26.3. The fraction of sp³-hybridized carbons (Fsp3) is 0.179. The fourth-order valence-corrected chi connectivity index (χ4v) is 5.59. The number of Topliss-reactive ketones (excluding diaryl/α,β-unsaturated/α-hetero) is 1. The highest BCUT2D eigenvalue weighted by Gasteiger charge is 2.48. The van der Waals surface area contributed by atoms with Gasteiger partial charge in [-0.2, -0.15) is 0 Å². The average molecular weight is 535 g/mol. The minimum Gasteiger partial charge on any atom is -0.507 e. The summed E-state index contributed by atoms with van der Waals surface area (Å²) in [4.78, 5) is 32.9. The molecule has 0 aliphatic carbocycles. The minimum atomic E-state index is -0.943. The standard InChI is InChI=1S/C28H23ClN2O5S/c1-4-15-5-11-19-22(13-15)37-28(30-19)31-24(17-8-12-20(35-2)21(14-17)36-3)23(26(33)27(31)34)25(32)16-6-9-18(29)10-7-16/h5-14,24,32H,4H2,1-3H3/b25-23+/t24-/m0/s1. The first kappa shape index (κ1) is 24.8. The molecule has 4 aromatic rings. The van der Waals surface area contributed by atoms with Gasteiger partial charge in [-0.25, -0.2) is 4.98 Å². The molecule has 0 saturated carbocycles. The van der Waals surface area contributed by atoms with Gasteiger partial charge >= 0.3 is 5.91 Å². The van der Waals surface area contributed by atoms with E-state index in [1.54, 1.807) is 42.5 Å². The number of aromatic nitrogens is 1. The molecule has 1 aliphatic heterocycles. The van der Waals surface area contributed by atoms with E-state index in [9.17, 15) is 14.7 Å². The fourth-order valence-electron chi connectivity index (χ4n) is 4.41. The SMILES string of the molecule is CCc1ccc2nc(N3C(=O)C(=O)/C(=C(/O)c4ccc(Cl)cc4)[C@@H]3c3ccc(OC)c(OC)c3)sc2c1. The molecule has 1 aromatic heterocycles. The molecular weight excluding hydrogens is 512 g/mol. The van der Waals surface area contributed by atoms with Gasteiger partial charge in [0.2, 0.25) is 0 Å². The van der Waals surface area contributed by atoms with Crippen LogP contribution in [0, 0.1) is 0 Å². The molecule has 0 radical (unpaired) electrons. The molecule has 1 fully saturated rings. The molecule has 1 atom stereocenters. The van der Waals surface area contributed by atoms with Crippen molar-refractivity contribution in [2.24, 2.45) is 0 Å². The molecule has 1 saturated heterocycles. The summed E-state index contributed by atoms with van der Waals surface area (Å²) in [7, 11) is 3.03. The number of hydrogen-bond donors (Lipinski definition) is 1. The lowest BCUT2D eigenvalue weighted by atomic mass is 9.95. The Morgan fingerprint density at radius 2 is 1.76 bits per heavy atom. The van der Waals surface area contributed by atoms with Crippen LogP contribution in [0.1, 0.15) is 29.7 Å². The van der Waals surface area contributed by atoms with Crippen LogP contribution < -0.4 is 14.4 Å². The van der Waals surface area contributed by atoms with Crippen LogP contribution in [-0.4, -0.2) is 36.0 Å². The van der Waals surface area contributed by atoms with E-state index in [4.69, 9.17) is 21.1 Å². The summed E-state index contributed by atoms with van der Waals surface area (Å²) >= 11 is 7.34. The highest BCUT2D eigenvalue weighted by Crippen LogP contribution is 2.46. The Hall–Kier alpha value is -3.88. The van der Waals surface area contributed by atoms with Crippen LogP contribution in [0.2, 0.25) is 5.02 Å². The Balaban J connectivity index is 1.73. The van der Waals surface area contributed by atoms with Crippen LogP contribution in [0.4, 0.5) is 5.13 Å². The van der Waals surface area contributed by atoms with Gasteiger partial charge in [0.15, 0.2) is 16.6 Å². The predicted octanol–water partition coefficient (Wildman–Crippen LogP) is 6.16. The van der Waals surface area contributed by atoms with Gasteiger partial charge in [-0.05, 0) is 66.1 Å². The summed E-state index contributed by atoms with van der Waals surface area (Å²) in [6.45, 7) is 2.06. The number of methoxy groups -OCH3 is 2. The lowest BCUT2D eigenvalue weighted by Crippen LogP contribution is -2.29. The number of carbonyl (C=O) groups excluding carboxylic acids is 2. The molecular formula is C28H23ClN2O5S. The Labute approximate surface area is 222 Å². The second-order valence-corrected chi connectivity index (χ2v) is 9.89. The lowest BCUT2D eigenvalue weighted by Gasteiger charge is -2.23. The number of halogens is 1. The highest BCUT2D eigenvalue weighted by molar-refractivity contribution is 7.22. The van der Waals surface area contributed by atoms with E-state index in [-0.39, 0.29) is 11.3 Å². The first-order valence-electron chi connectivity index (χ1n) is 11.5. The van der Waals surface area contributed by atoms with Crippen LogP contribution >= 0.6 is 22.9 Å². The quantitative estimate of drug-likeness (QED) is 0.181. The monoisotopic (exact) mass is 534 g/mol. The third-order valence-corrected chi connectivity index (χ3v) is 7.61. The van der Waals surface area contributed by atoms with Crippen molar-refractivity contribution < 1.29 is 24.2 Å². The number of amides is 1. The average Bonchev–Trinajstić information content (AvgIpc) is 3.45. The van der Waals surface area contributed by atoms with Gasteiger partial charge in [-0.3, -0.25) is 14.5 Å². The normalized spacial score (nSPS) is 17.0. The molecule has 37 heavy (non-hydrogen) atoms. The number of nitrogens with zero attached hydrogens (tertiary/aromatic N) is 2. The number of ketones is 1. The third kappa shape index (κ3) is 4.32. The van der Waals surface area contributed by atoms with Crippen molar-refractivity contribution in [2.45, 2.75) is 19.4 Å². The highest BCUT2D eigenvalue weighted by atomic mass is 35.5. The van der Waals surface area contributed by atoms with Crippen molar-refractivity contribution in [1.29, 1.82) is 0 Å². The van der Waals surface area contributed by atoms with Crippen molar-refractivity contribution in [2.75, 3.05) is 19.1 Å². The Bertz CT molecular complexity index is 1560. The van der Waals surface area contributed by atoms with Crippen molar-refractivity contribution in [3.05, 3.63) is 87.9 Å². The number of aliphatic hydroxyl groups excluding tert-OH is 1. The summed E-state index contributed by atoms with van der Waals surface area (Å²) < 4.78 is 11.7. The second-order valence-electron chi connectivity index (χ2n) is 8.44. The van der Waals surface area contributed by atoms with Gasteiger partial charge in [0, 0.05) is 10.6 Å². The largest absolute Gasteiger partial charge is 0.507 e. The van der Waals surface area contributed by atoms with Crippen molar-refractivity contribution in [1.82, 2.24) is 4.98 Å². The molecule has 3 aromatic carbocycles. The van der Waals surface area contributed by atoms with Crippen LogP contribution in [0.5, 0.6) is 11.5 Å². The number of aryl methyl sites for hydroxylation is 1. The maximum atomic E-state index is 13.5. The summed E-state index contributed by atoms with van der Waals surface area (Å²) in [6, 6.07) is 16.5. The second kappa shape index (κ2) is 9.88. The molecule has 2 heterocycles. The number of anilines is 1. The smallest absolute Gasteiger partial charge is 0.301 e. The number of hydrogen-bond acceptors (Lipinski definition) is 7. The van der Waals surface area contributed by atoms with E-state index in [0.29, 0.717) is 32.8 Å². The summed E-state index contributed by atoms with van der Waals surface area (Å²) in [5.41, 5.74) is 2.74. The molecule has 0 spiro atoms. The molecule has 1 N–H and O–H groups in total. The number of aliphatic hydroxyl groups is 1. The number of benzene rings is 3. The predicted molar refractivity (Wildman–Crippen MR) is 145 cm³/mol. The first-order valence-corrected chi connectivity index (χ1v) is 12.7. The lowest BCUT2D eigenvalue weighted by molar-refractivity contribution is -0.132. The van der Waals surface area contributed by atoms with E-state index in [1.165, 1.54) is 30.5 Å². The van der Waals surface area contributed by atoms with Crippen molar-refractivity contribution in [3.63, 3.8) is 0 Å². The van der Waals surface area contributed by atoms with E-state index >= 15 is 0 Å². The van der Waals surface area contributed by atoms with Gasteiger partial charge < -0.3 is 14.6 Å². The van der Waals surface area contributed by atoms with Crippen LogP contribution in [0.15, 0.2) is 66.2 Å². The topological polar surface area (TPSA) is 89.0 Å². The Kier molecular flexibility index (Phi) is 6.62. The summed E-state index contributed by atoms with van der Waals surface area (Å²) in [5.74, 6) is -0.959. The molecule has 188 valence electrons. The van der Waals surface area contributed by atoms with E-state index in [0.717, 1.165) is 22.2 Å². The Morgan fingerprint density at radius 3 is 2.43 bits per heavy atom. The molecule has 1 aliphatic rings. The summed E-state index contributed by atoms with van der Waals surface area (Å²) in [6.07, 6.45) is 0.862. The maximum absolute atomic E-state index is 13.5. The van der Waals surface area contributed by atoms with Gasteiger partial charge in [-0.1, -0.05) is 42.0 Å². The van der Waals surface area contributed by atoms with Gasteiger partial charge in [0.25, 0.3) is 5.78 Å². The molecule has 1 amide bonds. The minimum absolute atomic E-state index is 0.0481. The van der Waals surface area contributed by atoms with Gasteiger partial charge in [-0.15, -0.1) is 0 Å².